The van der Waals surface area contributed by atoms with Crippen molar-refractivity contribution in [2.75, 3.05) is 26.0 Å². The lowest BCUT2D eigenvalue weighted by Crippen LogP contribution is -2.46. The van der Waals surface area contributed by atoms with Gasteiger partial charge in [-0.05, 0) is 24.5 Å². The third kappa shape index (κ3) is 3.88. The van der Waals surface area contributed by atoms with Gasteiger partial charge in [-0.15, -0.1) is 11.8 Å². The molecule has 1 saturated heterocycles. The van der Waals surface area contributed by atoms with Crippen molar-refractivity contribution in [1.29, 1.82) is 0 Å². The van der Waals surface area contributed by atoms with Gasteiger partial charge in [-0.25, -0.2) is 0 Å². The number of aliphatic hydroxyl groups is 1. The SMILES string of the molecule is CSc1ccc(Cl)c(C(=O)NCC2(O)CCOCC2)c1. The quantitative estimate of drug-likeness (QED) is 0.837. The number of carbonyl (C=O) groups is 1. The van der Waals surface area contributed by atoms with E-state index in [1.54, 1.807) is 23.9 Å². The predicted octanol–water partition coefficient (Wildman–Crippen LogP) is 2.33. The van der Waals surface area contributed by atoms with Crippen molar-refractivity contribution in [3.8, 4) is 0 Å². The first-order chi connectivity index (χ1) is 9.54. The Labute approximate surface area is 127 Å². The van der Waals surface area contributed by atoms with Gasteiger partial charge in [-0.2, -0.15) is 0 Å². The number of hydrogen-bond donors (Lipinski definition) is 2. The molecule has 1 aliphatic heterocycles. The molecular weight excluding hydrogens is 298 g/mol. The molecule has 0 aliphatic carbocycles. The first-order valence-corrected chi connectivity index (χ1v) is 8.06. The van der Waals surface area contributed by atoms with Crippen LogP contribution in [-0.4, -0.2) is 42.6 Å². The lowest BCUT2D eigenvalue weighted by molar-refractivity contribution is -0.0605. The van der Waals surface area contributed by atoms with Gasteiger partial charge >= 0.3 is 0 Å². The number of halogens is 1. The smallest absolute Gasteiger partial charge is 0.252 e. The number of hydrogen-bond acceptors (Lipinski definition) is 4. The predicted molar refractivity (Wildman–Crippen MR) is 80.6 cm³/mol. The van der Waals surface area contributed by atoms with Gasteiger partial charge in [0.05, 0.1) is 16.2 Å². The first-order valence-electron chi connectivity index (χ1n) is 6.46. The summed E-state index contributed by atoms with van der Waals surface area (Å²) >= 11 is 7.60. The van der Waals surface area contributed by atoms with Gasteiger partial charge in [0.2, 0.25) is 0 Å². The standard InChI is InChI=1S/C14H18ClNO3S/c1-20-10-2-3-12(15)11(8-10)13(17)16-9-14(18)4-6-19-7-5-14/h2-3,8,18H,4-7,9H2,1H3,(H,16,17). The van der Waals surface area contributed by atoms with E-state index in [2.05, 4.69) is 5.32 Å². The Morgan fingerprint density at radius 2 is 2.20 bits per heavy atom. The second-order valence-corrected chi connectivity index (χ2v) is 6.15. The minimum atomic E-state index is -0.877. The van der Waals surface area contributed by atoms with Gasteiger partial charge in [-0.1, -0.05) is 11.6 Å². The van der Waals surface area contributed by atoms with Crippen LogP contribution in [0.5, 0.6) is 0 Å². The van der Waals surface area contributed by atoms with E-state index in [-0.39, 0.29) is 12.5 Å². The van der Waals surface area contributed by atoms with E-state index in [1.165, 1.54) is 0 Å². The molecule has 0 unspecified atom stereocenters. The van der Waals surface area contributed by atoms with Crippen LogP contribution in [0.25, 0.3) is 0 Å². The molecule has 1 aromatic rings. The summed E-state index contributed by atoms with van der Waals surface area (Å²) in [6, 6.07) is 5.34. The fourth-order valence-electron chi connectivity index (χ4n) is 2.07. The highest BCUT2D eigenvalue weighted by Crippen LogP contribution is 2.24. The highest BCUT2D eigenvalue weighted by atomic mass is 35.5. The molecule has 0 bridgehead atoms. The monoisotopic (exact) mass is 315 g/mol. The number of rotatable bonds is 4. The molecule has 0 spiro atoms. The molecule has 2 N–H and O–H groups in total. The minimum Gasteiger partial charge on any atom is -0.388 e. The van der Waals surface area contributed by atoms with Gasteiger partial charge in [0.25, 0.3) is 5.91 Å². The Bertz CT molecular complexity index is 489. The van der Waals surface area contributed by atoms with Crippen LogP contribution in [0.4, 0.5) is 0 Å². The van der Waals surface area contributed by atoms with Crippen LogP contribution >= 0.6 is 23.4 Å². The maximum Gasteiger partial charge on any atom is 0.252 e. The second kappa shape index (κ2) is 6.80. The van der Waals surface area contributed by atoms with E-state index < -0.39 is 5.60 Å². The number of amides is 1. The molecule has 1 aliphatic rings. The van der Waals surface area contributed by atoms with Crippen molar-refractivity contribution < 1.29 is 14.6 Å². The van der Waals surface area contributed by atoms with Crippen molar-refractivity contribution in [3.63, 3.8) is 0 Å². The van der Waals surface area contributed by atoms with Crippen LogP contribution in [0.2, 0.25) is 5.02 Å². The molecule has 1 fully saturated rings. The van der Waals surface area contributed by atoms with Crippen LogP contribution in [0.3, 0.4) is 0 Å². The number of carbonyl (C=O) groups excluding carboxylic acids is 1. The van der Waals surface area contributed by atoms with Crippen molar-refractivity contribution in [2.45, 2.75) is 23.3 Å². The summed E-state index contributed by atoms with van der Waals surface area (Å²) in [7, 11) is 0. The Balaban J connectivity index is 2.01. The highest BCUT2D eigenvalue weighted by Gasteiger charge is 2.30. The second-order valence-electron chi connectivity index (χ2n) is 4.87. The van der Waals surface area contributed by atoms with Crippen molar-refractivity contribution in [3.05, 3.63) is 28.8 Å². The zero-order valence-corrected chi connectivity index (χ0v) is 12.9. The lowest BCUT2D eigenvalue weighted by atomic mass is 9.94. The van der Waals surface area contributed by atoms with Gasteiger partial charge in [-0.3, -0.25) is 4.79 Å². The number of ether oxygens (including phenoxy) is 1. The number of benzene rings is 1. The molecule has 1 aromatic carbocycles. The van der Waals surface area contributed by atoms with Gasteiger partial charge in [0.15, 0.2) is 0 Å². The molecule has 110 valence electrons. The summed E-state index contributed by atoms with van der Waals surface area (Å²) in [6.45, 7) is 1.26. The normalized spacial score (nSPS) is 17.8. The van der Waals surface area contributed by atoms with Gasteiger partial charge in [0, 0.05) is 37.5 Å². The van der Waals surface area contributed by atoms with E-state index >= 15 is 0 Å². The van der Waals surface area contributed by atoms with Crippen LogP contribution in [0.1, 0.15) is 23.2 Å². The zero-order chi connectivity index (χ0) is 14.6. The molecule has 0 aromatic heterocycles. The zero-order valence-electron chi connectivity index (χ0n) is 11.3. The third-order valence-corrected chi connectivity index (χ3v) is 4.47. The maximum absolute atomic E-state index is 12.2. The van der Waals surface area contributed by atoms with E-state index in [0.29, 0.717) is 36.6 Å². The summed E-state index contributed by atoms with van der Waals surface area (Å²) in [5, 5.41) is 13.5. The van der Waals surface area contributed by atoms with E-state index in [1.807, 2.05) is 12.3 Å². The van der Waals surface area contributed by atoms with E-state index in [9.17, 15) is 9.90 Å². The first kappa shape index (κ1) is 15.6. The Kier molecular flexibility index (Phi) is 5.32. The molecule has 0 atom stereocenters. The van der Waals surface area contributed by atoms with Crippen LogP contribution in [-0.2, 0) is 4.74 Å². The fourth-order valence-corrected chi connectivity index (χ4v) is 2.72. The van der Waals surface area contributed by atoms with Crippen molar-refractivity contribution in [2.24, 2.45) is 0 Å². The maximum atomic E-state index is 12.2. The molecule has 4 nitrogen and oxygen atoms in total. The highest BCUT2D eigenvalue weighted by molar-refractivity contribution is 7.98. The molecule has 1 heterocycles. The van der Waals surface area contributed by atoms with Gasteiger partial charge < -0.3 is 15.2 Å². The van der Waals surface area contributed by atoms with Crippen LogP contribution in [0, 0.1) is 0 Å². The molecule has 0 radical (unpaired) electrons. The number of thioether (sulfide) groups is 1. The van der Waals surface area contributed by atoms with Gasteiger partial charge in [0.1, 0.15) is 0 Å². The lowest BCUT2D eigenvalue weighted by Gasteiger charge is -2.32. The molecule has 1 amide bonds. The molecular formula is C14H18ClNO3S. The topological polar surface area (TPSA) is 58.6 Å². The summed E-state index contributed by atoms with van der Waals surface area (Å²) in [5.74, 6) is -0.259. The van der Waals surface area contributed by atoms with E-state index in [4.69, 9.17) is 16.3 Å². The fraction of sp³-hybridized carbons (Fsp3) is 0.500. The number of nitrogens with one attached hydrogen (secondary N) is 1. The molecule has 6 heteroatoms. The van der Waals surface area contributed by atoms with Crippen molar-refractivity contribution in [1.82, 2.24) is 5.32 Å². The summed E-state index contributed by atoms with van der Waals surface area (Å²) in [6.07, 6.45) is 3.01. The van der Waals surface area contributed by atoms with Crippen LogP contribution in [0.15, 0.2) is 23.1 Å². The average molecular weight is 316 g/mol. The van der Waals surface area contributed by atoms with Crippen LogP contribution < -0.4 is 5.32 Å². The molecule has 20 heavy (non-hydrogen) atoms. The molecule has 0 saturated carbocycles. The Hall–Kier alpha value is -0.750. The summed E-state index contributed by atoms with van der Waals surface area (Å²) in [5.41, 5.74) is -0.438. The minimum absolute atomic E-state index is 0.217. The Morgan fingerprint density at radius 3 is 2.85 bits per heavy atom. The van der Waals surface area contributed by atoms with Crippen molar-refractivity contribution >= 4 is 29.3 Å². The van der Waals surface area contributed by atoms with E-state index in [0.717, 1.165) is 4.90 Å². The Morgan fingerprint density at radius 1 is 1.50 bits per heavy atom. The largest absolute Gasteiger partial charge is 0.388 e. The average Bonchev–Trinajstić information content (AvgIpc) is 2.46. The third-order valence-electron chi connectivity index (χ3n) is 3.42. The summed E-state index contributed by atoms with van der Waals surface area (Å²) in [4.78, 5) is 13.1. The summed E-state index contributed by atoms with van der Waals surface area (Å²) < 4.78 is 5.21. The molecule has 2 rings (SSSR count).